The number of aliphatic carboxylic acids is 1. The van der Waals surface area contributed by atoms with Gasteiger partial charge in [0.2, 0.25) is 5.91 Å². The second-order valence-corrected chi connectivity index (χ2v) is 6.83. The van der Waals surface area contributed by atoms with Gasteiger partial charge in [0.25, 0.3) is 0 Å². The number of hydrogen-bond acceptors (Lipinski definition) is 3. The van der Waals surface area contributed by atoms with E-state index in [1.54, 1.807) is 18.7 Å². The van der Waals surface area contributed by atoms with Gasteiger partial charge in [-0.1, -0.05) is 13.8 Å². The minimum atomic E-state index is -1.02. The Morgan fingerprint density at radius 3 is 2.22 bits per heavy atom. The van der Waals surface area contributed by atoms with Gasteiger partial charge in [-0.2, -0.15) is 0 Å². The lowest BCUT2D eigenvalue weighted by Gasteiger charge is -2.35. The fourth-order valence-corrected chi connectivity index (χ4v) is 3.26. The SMILES string of the molecule is CC(C)[C@H](NC(=O)C1CCCN(C(=O)N2CCCC2)C1)C(=O)O. The molecule has 1 unspecified atom stereocenters. The van der Waals surface area contributed by atoms with Crippen molar-refractivity contribution in [2.45, 2.75) is 45.6 Å². The number of piperidine rings is 1. The monoisotopic (exact) mass is 325 g/mol. The number of amides is 3. The number of carbonyl (C=O) groups is 3. The van der Waals surface area contributed by atoms with E-state index < -0.39 is 12.0 Å². The number of likely N-dealkylation sites (tertiary alicyclic amines) is 2. The molecule has 7 nitrogen and oxygen atoms in total. The van der Waals surface area contributed by atoms with Gasteiger partial charge in [-0.05, 0) is 31.6 Å². The Kier molecular flexibility index (Phi) is 5.85. The first-order chi connectivity index (χ1) is 10.9. The van der Waals surface area contributed by atoms with Gasteiger partial charge in [-0.3, -0.25) is 4.79 Å². The first-order valence-electron chi connectivity index (χ1n) is 8.47. The lowest BCUT2D eigenvalue weighted by molar-refractivity contribution is -0.144. The zero-order valence-corrected chi connectivity index (χ0v) is 14.0. The summed E-state index contributed by atoms with van der Waals surface area (Å²) in [7, 11) is 0. The van der Waals surface area contributed by atoms with Crippen LogP contribution in [-0.2, 0) is 9.59 Å². The molecule has 0 saturated carbocycles. The maximum absolute atomic E-state index is 12.4. The molecule has 2 atom stereocenters. The van der Waals surface area contributed by atoms with Gasteiger partial charge in [-0.15, -0.1) is 0 Å². The van der Waals surface area contributed by atoms with Crippen molar-refractivity contribution in [2.75, 3.05) is 26.2 Å². The Morgan fingerprint density at radius 1 is 1.04 bits per heavy atom. The summed E-state index contributed by atoms with van der Waals surface area (Å²) in [4.78, 5) is 39.6. The van der Waals surface area contributed by atoms with Crippen molar-refractivity contribution < 1.29 is 19.5 Å². The van der Waals surface area contributed by atoms with Crippen LogP contribution in [0.2, 0.25) is 0 Å². The third-order valence-corrected chi connectivity index (χ3v) is 4.67. The fourth-order valence-electron chi connectivity index (χ4n) is 3.26. The van der Waals surface area contributed by atoms with Crippen molar-refractivity contribution in [3.63, 3.8) is 0 Å². The van der Waals surface area contributed by atoms with Crippen molar-refractivity contribution in [1.82, 2.24) is 15.1 Å². The Labute approximate surface area is 137 Å². The number of carboxylic acid groups (broad SMARTS) is 1. The maximum atomic E-state index is 12.4. The summed E-state index contributed by atoms with van der Waals surface area (Å²) in [6.45, 7) is 6.17. The van der Waals surface area contributed by atoms with Crippen molar-refractivity contribution in [1.29, 1.82) is 0 Å². The fraction of sp³-hybridized carbons (Fsp3) is 0.812. The van der Waals surface area contributed by atoms with Crippen LogP contribution in [0.5, 0.6) is 0 Å². The van der Waals surface area contributed by atoms with Crippen LogP contribution >= 0.6 is 0 Å². The summed E-state index contributed by atoms with van der Waals surface area (Å²) in [5.41, 5.74) is 0. The van der Waals surface area contributed by atoms with E-state index in [0.29, 0.717) is 19.5 Å². The number of nitrogens with one attached hydrogen (secondary N) is 1. The molecule has 2 fully saturated rings. The molecule has 2 N–H and O–H groups in total. The molecule has 2 aliphatic rings. The normalized spacial score (nSPS) is 23.0. The van der Waals surface area contributed by atoms with Gasteiger partial charge in [0, 0.05) is 26.2 Å². The molecule has 2 saturated heterocycles. The van der Waals surface area contributed by atoms with Crippen LogP contribution < -0.4 is 5.32 Å². The largest absolute Gasteiger partial charge is 0.480 e. The highest BCUT2D eigenvalue weighted by Crippen LogP contribution is 2.20. The first kappa shape index (κ1) is 17.6. The van der Waals surface area contributed by atoms with Crippen LogP contribution in [0, 0.1) is 11.8 Å². The van der Waals surface area contributed by atoms with Gasteiger partial charge < -0.3 is 20.2 Å². The average Bonchev–Trinajstić information content (AvgIpc) is 3.05. The maximum Gasteiger partial charge on any atom is 0.326 e. The van der Waals surface area contributed by atoms with Gasteiger partial charge in [-0.25, -0.2) is 9.59 Å². The Bertz CT molecular complexity index is 460. The predicted molar refractivity (Wildman–Crippen MR) is 84.9 cm³/mol. The molecule has 0 aromatic carbocycles. The minimum absolute atomic E-state index is 0.0126. The zero-order valence-electron chi connectivity index (χ0n) is 14.0. The number of nitrogens with zero attached hydrogens (tertiary/aromatic N) is 2. The number of rotatable bonds is 4. The molecule has 2 aliphatic heterocycles. The second-order valence-electron chi connectivity index (χ2n) is 6.83. The molecule has 0 spiro atoms. The molecule has 0 aliphatic carbocycles. The molecular weight excluding hydrogens is 298 g/mol. The van der Waals surface area contributed by atoms with Gasteiger partial charge in [0.15, 0.2) is 0 Å². The number of carbonyl (C=O) groups excluding carboxylic acids is 2. The molecule has 130 valence electrons. The molecule has 23 heavy (non-hydrogen) atoms. The van der Waals surface area contributed by atoms with Gasteiger partial charge in [0.05, 0.1) is 5.92 Å². The molecule has 2 rings (SSSR count). The summed E-state index contributed by atoms with van der Waals surface area (Å²) in [5, 5.41) is 11.8. The van der Waals surface area contributed by atoms with Crippen LogP contribution in [0.15, 0.2) is 0 Å². The standard InChI is InChI=1S/C16H27N3O4/c1-11(2)13(15(21)22)17-14(20)12-6-5-9-19(10-12)16(23)18-7-3-4-8-18/h11-13H,3-10H2,1-2H3,(H,17,20)(H,21,22)/t12?,13-/m0/s1. The summed E-state index contributed by atoms with van der Waals surface area (Å²) < 4.78 is 0. The zero-order chi connectivity index (χ0) is 17.0. The van der Waals surface area contributed by atoms with Crippen LogP contribution in [0.25, 0.3) is 0 Å². The van der Waals surface area contributed by atoms with E-state index in [2.05, 4.69) is 5.32 Å². The van der Waals surface area contributed by atoms with Crippen molar-refractivity contribution >= 4 is 17.9 Å². The molecule has 3 amide bonds. The Morgan fingerprint density at radius 2 is 1.65 bits per heavy atom. The second kappa shape index (κ2) is 7.66. The number of hydrogen-bond donors (Lipinski definition) is 2. The first-order valence-corrected chi connectivity index (χ1v) is 8.47. The van der Waals surface area contributed by atoms with Gasteiger partial charge >= 0.3 is 12.0 Å². The third kappa shape index (κ3) is 4.36. The molecular formula is C16H27N3O4. The molecule has 0 aromatic heterocycles. The summed E-state index contributed by atoms with van der Waals surface area (Å²) >= 11 is 0. The quantitative estimate of drug-likeness (QED) is 0.811. The number of urea groups is 1. The van der Waals surface area contributed by atoms with Crippen LogP contribution in [-0.4, -0.2) is 65.0 Å². The van der Waals surface area contributed by atoms with E-state index in [0.717, 1.165) is 32.4 Å². The number of carboxylic acids is 1. The molecule has 2 heterocycles. The molecule has 0 aromatic rings. The van der Waals surface area contributed by atoms with Crippen LogP contribution in [0.3, 0.4) is 0 Å². The third-order valence-electron chi connectivity index (χ3n) is 4.67. The van der Waals surface area contributed by atoms with Crippen molar-refractivity contribution in [3.05, 3.63) is 0 Å². The highest BCUT2D eigenvalue weighted by molar-refractivity contribution is 5.86. The van der Waals surface area contributed by atoms with E-state index >= 15 is 0 Å². The lowest BCUT2D eigenvalue weighted by Crippen LogP contribution is -2.52. The highest BCUT2D eigenvalue weighted by atomic mass is 16.4. The topological polar surface area (TPSA) is 90.0 Å². The predicted octanol–water partition coefficient (Wildman–Crippen LogP) is 1.14. The average molecular weight is 325 g/mol. The highest BCUT2D eigenvalue weighted by Gasteiger charge is 2.33. The molecule has 7 heteroatoms. The van der Waals surface area contributed by atoms with E-state index in [-0.39, 0.29) is 23.8 Å². The van der Waals surface area contributed by atoms with Gasteiger partial charge in [0.1, 0.15) is 6.04 Å². The summed E-state index contributed by atoms with van der Waals surface area (Å²) in [6.07, 6.45) is 3.55. The van der Waals surface area contributed by atoms with E-state index in [9.17, 15) is 19.5 Å². The minimum Gasteiger partial charge on any atom is -0.480 e. The van der Waals surface area contributed by atoms with E-state index in [4.69, 9.17) is 0 Å². The smallest absolute Gasteiger partial charge is 0.326 e. The Balaban J connectivity index is 1.93. The van der Waals surface area contributed by atoms with E-state index in [1.807, 2.05) is 4.90 Å². The molecule has 0 bridgehead atoms. The summed E-state index contributed by atoms with van der Waals surface area (Å²) in [5.74, 6) is -1.78. The van der Waals surface area contributed by atoms with Crippen LogP contribution in [0.4, 0.5) is 4.79 Å². The Hall–Kier alpha value is -1.79. The van der Waals surface area contributed by atoms with Crippen molar-refractivity contribution in [3.8, 4) is 0 Å². The lowest BCUT2D eigenvalue weighted by atomic mass is 9.96. The van der Waals surface area contributed by atoms with E-state index in [1.165, 1.54) is 0 Å². The molecule has 0 radical (unpaired) electrons. The van der Waals surface area contributed by atoms with Crippen molar-refractivity contribution in [2.24, 2.45) is 11.8 Å². The summed E-state index contributed by atoms with van der Waals surface area (Å²) in [6, 6.07) is -0.870. The van der Waals surface area contributed by atoms with Crippen LogP contribution in [0.1, 0.15) is 39.5 Å².